The van der Waals surface area contributed by atoms with Crippen molar-refractivity contribution in [2.45, 2.75) is 20.4 Å². The monoisotopic (exact) mass is 442 g/mol. The minimum absolute atomic E-state index is 0.176. The number of carbonyl (C=O) groups excluding carboxylic acids is 1. The van der Waals surface area contributed by atoms with Crippen molar-refractivity contribution in [3.63, 3.8) is 0 Å². The molecule has 9 heteroatoms. The Morgan fingerprint density at radius 3 is 2.39 bits per heavy atom. The summed E-state index contributed by atoms with van der Waals surface area (Å²) in [7, 11) is 1.61. The number of carbonyl (C=O) groups is 1. The number of hydrogen-bond acceptors (Lipinski definition) is 4. The number of nitrogens with two attached hydrogens (primary N) is 1. The summed E-state index contributed by atoms with van der Waals surface area (Å²) in [5.74, 6) is -0.0123. The molecule has 0 saturated carbocycles. The average molecular weight is 442 g/mol. The molecule has 3 heterocycles. The van der Waals surface area contributed by atoms with Gasteiger partial charge in [-0.3, -0.25) is 27.7 Å². The van der Waals surface area contributed by atoms with Crippen LogP contribution >= 0.6 is 0 Å². The lowest BCUT2D eigenvalue weighted by Gasteiger charge is -2.10. The first kappa shape index (κ1) is 20.5. The van der Waals surface area contributed by atoms with E-state index in [1.165, 1.54) is 9.13 Å². The van der Waals surface area contributed by atoms with Gasteiger partial charge >= 0.3 is 5.69 Å². The van der Waals surface area contributed by atoms with Crippen LogP contribution < -0.4 is 17.0 Å². The van der Waals surface area contributed by atoms with Gasteiger partial charge in [0.1, 0.15) is 0 Å². The second-order valence-electron chi connectivity index (χ2n) is 8.13. The zero-order chi connectivity index (χ0) is 23.4. The summed E-state index contributed by atoms with van der Waals surface area (Å²) in [6.45, 7) is 4.03. The van der Waals surface area contributed by atoms with Crippen molar-refractivity contribution in [3.8, 4) is 5.69 Å². The molecular weight excluding hydrogens is 420 g/mol. The Bertz CT molecular complexity index is 1680. The number of imidazole rings is 2. The molecule has 0 aliphatic rings. The minimum atomic E-state index is -0.508. The van der Waals surface area contributed by atoms with E-state index in [1.54, 1.807) is 35.7 Å². The Hall–Kier alpha value is -4.40. The first-order chi connectivity index (χ1) is 15.8. The third-order valence-corrected chi connectivity index (χ3v) is 6.03. The molecule has 33 heavy (non-hydrogen) atoms. The van der Waals surface area contributed by atoms with Crippen LogP contribution in [0.15, 0.2) is 64.3 Å². The van der Waals surface area contributed by atoms with E-state index < -0.39 is 17.2 Å². The highest BCUT2D eigenvalue weighted by atomic mass is 16.2. The molecule has 1 amide bonds. The van der Waals surface area contributed by atoms with E-state index in [0.29, 0.717) is 22.5 Å². The molecule has 3 aromatic heterocycles. The van der Waals surface area contributed by atoms with Crippen LogP contribution in [-0.4, -0.2) is 29.0 Å². The van der Waals surface area contributed by atoms with Crippen molar-refractivity contribution in [1.29, 1.82) is 0 Å². The van der Waals surface area contributed by atoms with Gasteiger partial charge in [0, 0.05) is 30.2 Å². The zero-order valence-electron chi connectivity index (χ0n) is 18.4. The predicted octanol–water partition coefficient (Wildman–Crippen LogP) is 1.90. The quantitative estimate of drug-likeness (QED) is 0.458. The Balaban J connectivity index is 1.76. The maximum atomic E-state index is 13.5. The number of rotatable bonds is 4. The molecule has 5 rings (SSSR count). The van der Waals surface area contributed by atoms with E-state index in [-0.39, 0.29) is 6.54 Å². The first-order valence-corrected chi connectivity index (χ1v) is 10.4. The van der Waals surface area contributed by atoms with E-state index in [1.807, 2.05) is 48.9 Å². The molecule has 2 N–H and O–H groups in total. The summed E-state index contributed by atoms with van der Waals surface area (Å²) in [6, 6.07) is 14.5. The molecule has 0 bridgehead atoms. The average Bonchev–Trinajstić information content (AvgIpc) is 3.31. The highest BCUT2D eigenvalue weighted by Gasteiger charge is 2.21. The number of nitrogens with zero attached hydrogens (tertiary/aromatic N) is 5. The highest BCUT2D eigenvalue weighted by molar-refractivity contribution is 5.93. The van der Waals surface area contributed by atoms with Crippen molar-refractivity contribution in [3.05, 3.63) is 98.0 Å². The summed E-state index contributed by atoms with van der Waals surface area (Å²) in [5, 5.41) is 0. The Labute approximate surface area is 187 Å². The number of aromatic nitrogens is 5. The van der Waals surface area contributed by atoms with Gasteiger partial charge in [-0.1, -0.05) is 24.3 Å². The third-order valence-electron chi connectivity index (χ3n) is 6.03. The molecule has 0 aliphatic heterocycles. The van der Waals surface area contributed by atoms with Gasteiger partial charge in [0.15, 0.2) is 11.2 Å². The number of hydrogen-bond donors (Lipinski definition) is 1. The van der Waals surface area contributed by atoms with Gasteiger partial charge in [0.25, 0.3) is 5.56 Å². The predicted molar refractivity (Wildman–Crippen MR) is 125 cm³/mol. The fraction of sp³-hybridized carbons (Fsp3) is 0.167. The van der Waals surface area contributed by atoms with Crippen LogP contribution in [0.25, 0.3) is 22.6 Å². The molecule has 2 aromatic carbocycles. The molecule has 0 radical (unpaired) electrons. The lowest BCUT2D eigenvalue weighted by atomic mass is 10.1. The van der Waals surface area contributed by atoms with Crippen molar-refractivity contribution < 1.29 is 4.79 Å². The molecule has 166 valence electrons. The summed E-state index contributed by atoms with van der Waals surface area (Å²) in [4.78, 5) is 42.6. The number of fused-ring (bicyclic) bond motifs is 3. The van der Waals surface area contributed by atoms with Gasteiger partial charge in [-0.15, -0.1) is 0 Å². The normalized spacial score (nSPS) is 11.5. The minimum Gasteiger partial charge on any atom is -0.366 e. The number of benzene rings is 2. The van der Waals surface area contributed by atoms with E-state index in [9.17, 15) is 14.4 Å². The van der Waals surface area contributed by atoms with E-state index >= 15 is 0 Å². The standard InChI is InChI=1S/C24H22N6O3/c1-14-6-4-5-7-17(14)13-29-22(32)19-21(27(3)24(29)33)26-23-28(19)12-15(2)30(23)18-10-8-16(9-11-18)20(25)31/h4-12H,13H2,1-3H3,(H2,25,31). The smallest absolute Gasteiger partial charge is 0.332 e. The summed E-state index contributed by atoms with van der Waals surface area (Å²) < 4.78 is 6.22. The third kappa shape index (κ3) is 3.08. The van der Waals surface area contributed by atoms with Crippen LogP contribution in [0.1, 0.15) is 27.2 Å². The van der Waals surface area contributed by atoms with Crippen LogP contribution in [0.3, 0.4) is 0 Å². The molecule has 0 saturated heterocycles. The van der Waals surface area contributed by atoms with Gasteiger partial charge in [-0.25, -0.2) is 4.79 Å². The van der Waals surface area contributed by atoms with Crippen LogP contribution in [0.2, 0.25) is 0 Å². The fourth-order valence-electron chi connectivity index (χ4n) is 4.20. The molecule has 0 spiro atoms. The number of aryl methyl sites for hydroxylation is 3. The second-order valence-corrected chi connectivity index (χ2v) is 8.13. The van der Waals surface area contributed by atoms with Gasteiger partial charge in [0.2, 0.25) is 11.7 Å². The summed E-state index contributed by atoms with van der Waals surface area (Å²) in [5.41, 5.74) is 9.07. The summed E-state index contributed by atoms with van der Waals surface area (Å²) in [6.07, 6.45) is 1.82. The van der Waals surface area contributed by atoms with E-state index in [4.69, 9.17) is 5.73 Å². The van der Waals surface area contributed by atoms with E-state index in [2.05, 4.69) is 4.98 Å². The lowest BCUT2D eigenvalue weighted by molar-refractivity contribution is 0.100. The number of amides is 1. The SMILES string of the molecule is Cc1ccccc1Cn1c(=O)c2c(nc3n(-c4ccc(C(N)=O)cc4)c(C)cn23)n(C)c1=O. The maximum absolute atomic E-state index is 13.5. The molecule has 0 unspecified atom stereocenters. The van der Waals surface area contributed by atoms with Crippen molar-refractivity contribution in [2.75, 3.05) is 0 Å². The summed E-state index contributed by atoms with van der Waals surface area (Å²) >= 11 is 0. The van der Waals surface area contributed by atoms with Crippen LogP contribution in [0, 0.1) is 13.8 Å². The van der Waals surface area contributed by atoms with Gasteiger partial charge < -0.3 is 5.73 Å². The fourth-order valence-corrected chi connectivity index (χ4v) is 4.20. The first-order valence-electron chi connectivity index (χ1n) is 10.4. The second kappa shape index (κ2) is 7.33. The maximum Gasteiger partial charge on any atom is 0.332 e. The Morgan fingerprint density at radius 1 is 1.03 bits per heavy atom. The topological polar surface area (TPSA) is 109 Å². The Kier molecular flexibility index (Phi) is 4.56. The van der Waals surface area contributed by atoms with Gasteiger partial charge in [0.05, 0.1) is 6.54 Å². The largest absolute Gasteiger partial charge is 0.366 e. The van der Waals surface area contributed by atoms with E-state index in [0.717, 1.165) is 22.5 Å². The molecule has 5 aromatic rings. The van der Waals surface area contributed by atoms with Crippen LogP contribution in [0.5, 0.6) is 0 Å². The molecule has 9 nitrogen and oxygen atoms in total. The molecular formula is C24H22N6O3. The molecule has 0 fully saturated rings. The van der Waals surface area contributed by atoms with Gasteiger partial charge in [-0.05, 0) is 49.2 Å². The number of primary amides is 1. The zero-order valence-corrected chi connectivity index (χ0v) is 18.4. The Morgan fingerprint density at radius 2 is 1.73 bits per heavy atom. The highest BCUT2D eigenvalue weighted by Crippen LogP contribution is 2.21. The lowest BCUT2D eigenvalue weighted by Crippen LogP contribution is -2.39. The van der Waals surface area contributed by atoms with Crippen LogP contribution in [-0.2, 0) is 13.6 Å². The van der Waals surface area contributed by atoms with Crippen molar-refractivity contribution >= 4 is 22.8 Å². The molecule has 0 atom stereocenters. The van der Waals surface area contributed by atoms with Crippen molar-refractivity contribution in [1.82, 2.24) is 23.1 Å². The molecule has 0 aliphatic carbocycles. The van der Waals surface area contributed by atoms with Crippen LogP contribution in [0.4, 0.5) is 0 Å². The van der Waals surface area contributed by atoms with Crippen molar-refractivity contribution in [2.24, 2.45) is 12.8 Å². The van der Waals surface area contributed by atoms with Gasteiger partial charge in [-0.2, -0.15) is 4.98 Å².